The first-order valence-electron chi connectivity index (χ1n) is 5.43. The Balaban J connectivity index is 2.33. The normalized spacial score (nSPS) is 11.3. The molecule has 0 aliphatic heterocycles. The number of alkyl halides is 3. The van der Waals surface area contributed by atoms with E-state index >= 15 is 0 Å². The summed E-state index contributed by atoms with van der Waals surface area (Å²) in [6.45, 7) is 0. The van der Waals surface area contributed by atoms with E-state index < -0.39 is 23.2 Å². The summed E-state index contributed by atoms with van der Waals surface area (Å²) in [4.78, 5) is 19.4. The molecule has 21 heavy (non-hydrogen) atoms. The molecule has 2 rings (SSSR count). The van der Waals surface area contributed by atoms with Crippen molar-refractivity contribution in [3.8, 4) is 0 Å². The number of halogens is 5. The summed E-state index contributed by atoms with van der Waals surface area (Å²) in [5.41, 5.74) is -1.56. The third-order valence-electron chi connectivity index (χ3n) is 2.39. The van der Waals surface area contributed by atoms with E-state index in [2.05, 4.69) is 31.2 Å². The van der Waals surface area contributed by atoms with Crippen LogP contribution >= 0.6 is 27.5 Å². The van der Waals surface area contributed by atoms with Gasteiger partial charge in [-0.2, -0.15) is 13.2 Å². The number of carbonyl (C=O) groups excluding carboxylic acids is 1. The first-order valence-corrected chi connectivity index (χ1v) is 6.60. The van der Waals surface area contributed by atoms with E-state index in [-0.39, 0.29) is 15.4 Å². The summed E-state index contributed by atoms with van der Waals surface area (Å²) in [5.74, 6) is -0.938. The van der Waals surface area contributed by atoms with Gasteiger partial charge in [0.05, 0.1) is 23.5 Å². The van der Waals surface area contributed by atoms with Gasteiger partial charge in [0.25, 0.3) is 5.91 Å². The molecule has 0 aliphatic carbocycles. The number of hydrogen-bond donors (Lipinski definition) is 1. The minimum atomic E-state index is -4.65. The van der Waals surface area contributed by atoms with Crippen molar-refractivity contribution in [2.45, 2.75) is 6.18 Å². The van der Waals surface area contributed by atoms with E-state index in [1.807, 2.05) is 0 Å². The first kappa shape index (κ1) is 15.7. The molecule has 0 atom stereocenters. The van der Waals surface area contributed by atoms with Gasteiger partial charge >= 0.3 is 6.18 Å². The predicted octanol–water partition coefficient (Wildman–Crippen LogP) is 4.16. The fourth-order valence-corrected chi connectivity index (χ4v) is 1.97. The van der Waals surface area contributed by atoms with Gasteiger partial charge in [0.2, 0.25) is 0 Å². The fourth-order valence-electron chi connectivity index (χ4n) is 1.51. The van der Waals surface area contributed by atoms with Crippen LogP contribution in [0.25, 0.3) is 0 Å². The number of nitrogens with one attached hydrogen (secondary N) is 1. The van der Waals surface area contributed by atoms with Crippen LogP contribution in [-0.4, -0.2) is 15.9 Å². The Morgan fingerprint density at radius 2 is 1.95 bits per heavy atom. The third-order valence-corrected chi connectivity index (χ3v) is 3.08. The standard InChI is InChI=1S/C12H6BrClF3N3O/c13-6-1-2-7(8(3-6)12(15,16)17)11(21)20-10-5-18-9(14)4-19-10/h1-5H,(H,19,20,21). The van der Waals surface area contributed by atoms with Gasteiger partial charge in [-0.25, -0.2) is 9.97 Å². The molecule has 0 spiro atoms. The summed E-state index contributed by atoms with van der Waals surface area (Å²) in [6.07, 6.45) is -2.34. The molecule has 1 amide bonds. The predicted molar refractivity (Wildman–Crippen MR) is 74.1 cm³/mol. The van der Waals surface area contributed by atoms with Crippen LogP contribution in [0.4, 0.5) is 19.0 Å². The number of carbonyl (C=O) groups is 1. The van der Waals surface area contributed by atoms with Crippen molar-refractivity contribution >= 4 is 39.3 Å². The Hall–Kier alpha value is -1.67. The summed E-state index contributed by atoms with van der Waals surface area (Å²) >= 11 is 8.47. The summed E-state index contributed by atoms with van der Waals surface area (Å²) < 4.78 is 39.0. The molecular weight excluding hydrogens is 375 g/mol. The quantitative estimate of drug-likeness (QED) is 0.851. The molecule has 0 fully saturated rings. The van der Waals surface area contributed by atoms with Crippen molar-refractivity contribution in [2.75, 3.05) is 5.32 Å². The number of aromatic nitrogens is 2. The number of nitrogens with zero attached hydrogens (tertiary/aromatic N) is 2. The molecule has 4 nitrogen and oxygen atoms in total. The molecule has 0 bridgehead atoms. The Morgan fingerprint density at radius 1 is 1.24 bits per heavy atom. The van der Waals surface area contributed by atoms with Gasteiger partial charge in [-0.3, -0.25) is 4.79 Å². The summed E-state index contributed by atoms with van der Waals surface area (Å²) in [6, 6.07) is 3.26. The Morgan fingerprint density at radius 3 is 2.52 bits per heavy atom. The van der Waals surface area contributed by atoms with Crippen LogP contribution in [0.5, 0.6) is 0 Å². The maximum atomic E-state index is 12.9. The number of benzene rings is 1. The Labute approximate surface area is 130 Å². The molecule has 1 aromatic heterocycles. The van der Waals surface area contributed by atoms with Crippen molar-refractivity contribution in [3.05, 3.63) is 51.3 Å². The molecule has 1 aromatic carbocycles. The van der Waals surface area contributed by atoms with E-state index in [1.165, 1.54) is 12.3 Å². The van der Waals surface area contributed by atoms with Gasteiger partial charge in [-0.05, 0) is 18.2 Å². The van der Waals surface area contributed by atoms with Crippen molar-refractivity contribution in [3.63, 3.8) is 0 Å². The van der Waals surface area contributed by atoms with Gasteiger partial charge in [0.15, 0.2) is 5.82 Å². The second-order valence-corrected chi connectivity index (χ2v) is 5.17. The van der Waals surface area contributed by atoms with Crippen molar-refractivity contribution in [1.29, 1.82) is 0 Å². The minimum Gasteiger partial charge on any atom is -0.305 e. The number of rotatable bonds is 2. The highest BCUT2D eigenvalue weighted by atomic mass is 79.9. The minimum absolute atomic E-state index is 0.000410. The lowest BCUT2D eigenvalue weighted by Gasteiger charge is -2.13. The second kappa shape index (κ2) is 5.98. The molecular formula is C12H6BrClF3N3O. The molecule has 0 radical (unpaired) electrons. The lowest BCUT2D eigenvalue weighted by atomic mass is 10.1. The van der Waals surface area contributed by atoms with Crippen LogP contribution in [-0.2, 0) is 6.18 Å². The Bertz CT molecular complexity index is 676. The van der Waals surface area contributed by atoms with Crippen LogP contribution in [0.2, 0.25) is 5.15 Å². The van der Waals surface area contributed by atoms with Crippen LogP contribution in [0.3, 0.4) is 0 Å². The second-order valence-electron chi connectivity index (χ2n) is 3.87. The summed E-state index contributed by atoms with van der Waals surface area (Å²) in [5, 5.41) is 2.34. The number of amides is 1. The van der Waals surface area contributed by atoms with Crippen molar-refractivity contribution in [2.24, 2.45) is 0 Å². The smallest absolute Gasteiger partial charge is 0.305 e. The van der Waals surface area contributed by atoms with Crippen LogP contribution < -0.4 is 5.32 Å². The summed E-state index contributed by atoms with van der Waals surface area (Å²) in [7, 11) is 0. The number of anilines is 1. The average Bonchev–Trinajstić information content (AvgIpc) is 2.40. The van der Waals surface area contributed by atoms with Gasteiger partial charge in [-0.1, -0.05) is 27.5 Å². The van der Waals surface area contributed by atoms with E-state index in [0.29, 0.717) is 0 Å². The molecule has 1 heterocycles. The first-order chi connectivity index (χ1) is 9.77. The highest BCUT2D eigenvalue weighted by Gasteiger charge is 2.35. The van der Waals surface area contributed by atoms with Crippen molar-refractivity contribution < 1.29 is 18.0 Å². The van der Waals surface area contributed by atoms with E-state index in [0.717, 1.165) is 18.3 Å². The van der Waals surface area contributed by atoms with E-state index in [9.17, 15) is 18.0 Å². The van der Waals surface area contributed by atoms with Crippen molar-refractivity contribution in [1.82, 2.24) is 9.97 Å². The van der Waals surface area contributed by atoms with Gasteiger partial charge in [0, 0.05) is 4.47 Å². The maximum absolute atomic E-state index is 12.9. The largest absolute Gasteiger partial charge is 0.417 e. The molecule has 0 aliphatic rings. The van der Waals surface area contributed by atoms with E-state index in [1.54, 1.807) is 0 Å². The molecule has 2 aromatic rings. The van der Waals surface area contributed by atoms with Gasteiger partial charge in [0.1, 0.15) is 5.15 Å². The number of hydrogen-bond acceptors (Lipinski definition) is 3. The molecule has 110 valence electrons. The average molecular weight is 381 g/mol. The fraction of sp³-hybridized carbons (Fsp3) is 0.0833. The van der Waals surface area contributed by atoms with E-state index in [4.69, 9.17) is 11.6 Å². The third kappa shape index (κ3) is 3.92. The molecule has 0 unspecified atom stereocenters. The molecule has 1 N–H and O–H groups in total. The molecule has 0 saturated carbocycles. The highest BCUT2D eigenvalue weighted by molar-refractivity contribution is 9.10. The lowest BCUT2D eigenvalue weighted by molar-refractivity contribution is -0.137. The topological polar surface area (TPSA) is 54.9 Å². The molecule has 0 saturated heterocycles. The van der Waals surface area contributed by atoms with Crippen LogP contribution in [0, 0.1) is 0 Å². The Kier molecular flexibility index (Phi) is 4.48. The van der Waals surface area contributed by atoms with Crippen LogP contribution in [0.15, 0.2) is 35.1 Å². The zero-order valence-electron chi connectivity index (χ0n) is 10.1. The SMILES string of the molecule is O=C(Nc1cnc(Cl)cn1)c1ccc(Br)cc1C(F)(F)F. The molecule has 9 heteroatoms. The van der Waals surface area contributed by atoms with Gasteiger partial charge in [-0.15, -0.1) is 0 Å². The van der Waals surface area contributed by atoms with Crippen LogP contribution in [0.1, 0.15) is 15.9 Å². The lowest BCUT2D eigenvalue weighted by Crippen LogP contribution is -2.19. The zero-order valence-corrected chi connectivity index (χ0v) is 12.4. The zero-order chi connectivity index (χ0) is 15.6. The van der Waals surface area contributed by atoms with Gasteiger partial charge < -0.3 is 5.32 Å². The maximum Gasteiger partial charge on any atom is 0.417 e. The highest BCUT2D eigenvalue weighted by Crippen LogP contribution is 2.34. The monoisotopic (exact) mass is 379 g/mol.